The minimum absolute atomic E-state index is 0.0452. The third kappa shape index (κ3) is 2.94. The van der Waals surface area contributed by atoms with Crippen molar-refractivity contribution >= 4 is 11.6 Å². The van der Waals surface area contributed by atoms with E-state index in [2.05, 4.69) is 6.92 Å². The second-order valence-electron chi connectivity index (χ2n) is 3.72. The number of aryl methyl sites for hydroxylation is 1. The molecule has 0 aromatic heterocycles. The van der Waals surface area contributed by atoms with E-state index in [-0.39, 0.29) is 12.1 Å². The van der Waals surface area contributed by atoms with Gasteiger partial charge in [-0.2, -0.15) is 0 Å². The third-order valence-electron chi connectivity index (χ3n) is 2.69. The largest absolute Gasteiger partial charge is 0.379 e. The SMILES string of the molecule is CCC(OC)C(N)c1ccc(C)c(Cl)c1. The molecule has 2 nitrogen and oxygen atoms in total. The lowest BCUT2D eigenvalue weighted by molar-refractivity contribution is 0.0772. The van der Waals surface area contributed by atoms with E-state index in [4.69, 9.17) is 22.1 Å². The highest BCUT2D eigenvalue weighted by Gasteiger charge is 2.17. The molecule has 0 spiro atoms. The van der Waals surface area contributed by atoms with E-state index >= 15 is 0 Å². The van der Waals surface area contributed by atoms with Crippen LogP contribution in [0.5, 0.6) is 0 Å². The van der Waals surface area contributed by atoms with E-state index in [9.17, 15) is 0 Å². The van der Waals surface area contributed by atoms with Crippen LogP contribution in [0, 0.1) is 6.92 Å². The lowest BCUT2D eigenvalue weighted by Gasteiger charge is -2.21. The van der Waals surface area contributed by atoms with Gasteiger partial charge in [0.15, 0.2) is 0 Å². The average Bonchev–Trinajstić information content (AvgIpc) is 2.23. The number of methoxy groups -OCH3 is 1. The Morgan fingerprint density at radius 3 is 2.60 bits per heavy atom. The molecular formula is C12H18ClNO. The fourth-order valence-corrected chi connectivity index (χ4v) is 1.79. The first-order chi connectivity index (χ1) is 7.10. The molecule has 0 aliphatic heterocycles. The van der Waals surface area contributed by atoms with Crippen LogP contribution in [-0.4, -0.2) is 13.2 Å². The van der Waals surface area contributed by atoms with E-state index in [1.807, 2.05) is 25.1 Å². The molecule has 1 rings (SSSR count). The summed E-state index contributed by atoms with van der Waals surface area (Å²) in [6.45, 7) is 4.04. The third-order valence-corrected chi connectivity index (χ3v) is 3.09. The molecule has 0 saturated heterocycles. The topological polar surface area (TPSA) is 35.2 Å². The first-order valence-electron chi connectivity index (χ1n) is 5.14. The summed E-state index contributed by atoms with van der Waals surface area (Å²) in [4.78, 5) is 0. The quantitative estimate of drug-likeness (QED) is 0.858. The normalized spacial score (nSPS) is 15.0. The van der Waals surface area contributed by atoms with Crippen LogP contribution in [-0.2, 0) is 4.74 Å². The van der Waals surface area contributed by atoms with E-state index in [1.54, 1.807) is 7.11 Å². The molecule has 15 heavy (non-hydrogen) atoms. The smallest absolute Gasteiger partial charge is 0.0761 e. The lowest BCUT2D eigenvalue weighted by Crippen LogP contribution is -2.27. The number of nitrogens with two attached hydrogens (primary N) is 1. The Morgan fingerprint density at radius 1 is 1.47 bits per heavy atom. The van der Waals surface area contributed by atoms with Gasteiger partial charge in [-0.1, -0.05) is 30.7 Å². The molecule has 1 aromatic carbocycles. The van der Waals surface area contributed by atoms with Gasteiger partial charge in [0.25, 0.3) is 0 Å². The van der Waals surface area contributed by atoms with E-state index in [1.165, 1.54) is 0 Å². The average molecular weight is 228 g/mol. The lowest BCUT2D eigenvalue weighted by atomic mass is 9.99. The summed E-state index contributed by atoms with van der Waals surface area (Å²) in [6, 6.07) is 5.80. The van der Waals surface area contributed by atoms with Crippen molar-refractivity contribution in [2.75, 3.05) is 7.11 Å². The van der Waals surface area contributed by atoms with Crippen molar-refractivity contribution in [3.05, 3.63) is 34.3 Å². The van der Waals surface area contributed by atoms with Crippen LogP contribution in [0.1, 0.15) is 30.5 Å². The van der Waals surface area contributed by atoms with Crippen molar-refractivity contribution in [1.82, 2.24) is 0 Å². The summed E-state index contributed by atoms with van der Waals surface area (Å²) in [5.74, 6) is 0. The maximum atomic E-state index is 6.10. The van der Waals surface area contributed by atoms with Gasteiger partial charge >= 0.3 is 0 Å². The number of benzene rings is 1. The van der Waals surface area contributed by atoms with Crippen molar-refractivity contribution < 1.29 is 4.74 Å². The second kappa shape index (κ2) is 5.50. The summed E-state index contributed by atoms with van der Waals surface area (Å²) < 4.78 is 5.32. The predicted octanol–water partition coefficient (Wildman–Crippen LogP) is 3.07. The summed E-state index contributed by atoms with van der Waals surface area (Å²) in [5, 5.41) is 0.758. The summed E-state index contributed by atoms with van der Waals surface area (Å²) in [5.41, 5.74) is 8.19. The molecule has 0 radical (unpaired) electrons. The maximum absolute atomic E-state index is 6.10. The van der Waals surface area contributed by atoms with Crippen molar-refractivity contribution in [3.8, 4) is 0 Å². The van der Waals surface area contributed by atoms with Crippen LogP contribution >= 0.6 is 11.6 Å². The Bertz CT molecular complexity index is 323. The van der Waals surface area contributed by atoms with Gasteiger partial charge in [-0.05, 0) is 30.5 Å². The first kappa shape index (κ1) is 12.5. The van der Waals surface area contributed by atoms with Crippen LogP contribution in [0.25, 0.3) is 0 Å². The standard InChI is InChI=1S/C12H18ClNO/c1-4-11(15-3)12(14)9-6-5-8(2)10(13)7-9/h5-7,11-12H,4,14H2,1-3H3. The molecule has 84 valence electrons. The molecule has 3 heteroatoms. The predicted molar refractivity (Wildman–Crippen MR) is 64.2 cm³/mol. The number of hydrogen-bond donors (Lipinski definition) is 1. The molecule has 1 aromatic rings. The molecule has 0 bridgehead atoms. The van der Waals surface area contributed by atoms with E-state index in [0.29, 0.717) is 0 Å². The van der Waals surface area contributed by atoms with Gasteiger partial charge in [-0.3, -0.25) is 0 Å². The number of halogens is 1. The summed E-state index contributed by atoms with van der Waals surface area (Å²) in [6.07, 6.45) is 0.937. The Kier molecular flexibility index (Phi) is 4.58. The molecule has 0 amide bonds. The van der Waals surface area contributed by atoms with E-state index in [0.717, 1.165) is 22.6 Å². The maximum Gasteiger partial charge on any atom is 0.0761 e. The molecule has 0 aliphatic carbocycles. The van der Waals surface area contributed by atoms with Gasteiger partial charge < -0.3 is 10.5 Å². The number of hydrogen-bond acceptors (Lipinski definition) is 2. The fourth-order valence-electron chi connectivity index (χ4n) is 1.60. The van der Waals surface area contributed by atoms with Crippen molar-refractivity contribution in [2.24, 2.45) is 5.73 Å². The van der Waals surface area contributed by atoms with Gasteiger partial charge in [0, 0.05) is 12.1 Å². The van der Waals surface area contributed by atoms with Crippen LogP contribution in [0.15, 0.2) is 18.2 Å². The van der Waals surface area contributed by atoms with Gasteiger partial charge in [-0.25, -0.2) is 0 Å². The molecule has 0 heterocycles. The molecule has 0 fully saturated rings. The monoisotopic (exact) mass is 227 g/mol. The zero-order valence-electron chi connectivity index (χ0n) is 9.46. The Hall–Kier alpha value is -0.570. The fraction of sp³-hybridized carbons (Fsp3) is 0.500. The van der Waals surface area contributed by atoms with Crippen LogP contribution in [0.4, 0.5) is 0 Å². The second-order valence-corrected chi connectivity index (χ2v) is 4.12. The number of ether oxygens (including phenoxy) is 1. The van der Waals surface area contributed by atoms with Crippen LogP contribution < -0.4 is 5.73 Å². The number of rotatable bonds is 4. The van der Waals surface area contributed by atoms with E-state index < -0.39 is 0 Å². The molecule has 2 N–H and O–H groups in total. The molecule has 2 unspecified atom stereocenters. The molecule has 0 saturated carbocycles. The highest BCUT2D eigenvalue weighted by Crippen LogP contribution is 2.23. The molecular weight excluding hydrogens is 210 g/mol. The zero-order valence-corrected chi connectivity index (χ0v) is 10.2. The van der Waals surface area contributed by atoms with Crippen molar-refractivity contribution in [1.29, 1.82) is 0 Å². The van der Waals surface area contributed by atoms with Crippen molar-refractivity contribution in [2.45, 2.75) is 32.4 Å². The summed E-state index contributed by atoms with van der Waals surface area (Å²) >= 11 is 6.05. The Morgan fingerprint density at radius 2 is 2.13 bits per heavy atom. The highest BCUT2D eigenvalue weighted by molar-refractivity contribution is 6.31. The highest BCUT2D eigenvalue weighted by atomic mass is 35.5. The van der Waals surface area contributed by atoms with Crippen LogP contribution in [0.2, 0.25) is 5.02 Å². The van der Waals surface area contributed by atoms with Crippen LogP contribution in [0.3, 0.4) is 0 Å². The minimum atomic E-state index is -0.113. The van der Waals surface area contributed by atoms with Gasteiger partial charge in [0.05, 0.1) is 12.1 Å². The Balaban J connectivity index is 2.90. The zero-order chi connectivity index (χ0) is 11.4. The van der Waals surface area contributed by atoms with Gasteiger partial charge in [0.2, 0.25) is 0 Å². The van der Waals surface area contributed by atoms with Gasteiger partial charge in [0.1, 0.15) is 0 Å². The molecule has 0 aliphatic rings. The Labute approximate surface area is 96.4 Å². The van der Waals surface area contributed by atoms with Crippen molar-refractivity contribution in [3.63, 3.8) is 0 Å². The first-order valence-corrected chi connectivity index (χ1v) is 5.52. The summed E-state index contributed by atoms with van der Waals surface area (Å²) in [7, 11) is 1.68. The minimum Gasteiger partial charge on any atom is -0.379 e. The molecule has 2 atom stereocenters. The van der Waals surface area contributed by atoms with Gasteiger partial charge in [-0.15, -0.1) is 0 Å².